The van der Waals surface area contributed by atoms with Crippen LogP contribution in [-0.4, -0.2) is 42.1 Å². The number of carbonyl (C=O) groups is 1. The minimum Gasteiger partial charge on any atom is -0.490 e. The molecular formula is C11H17N3O3. The van der Waals surface area contributed by atoms with Gasteiger partial charge in [0.05, 0.1) is 25.5 Å². The molecule has 1 unspecified atom stereocenters. The first-order valence-electron chi connectivity index (χ1n) is 5.78. The first-order chi connectivity index (χ1) is 8.26. The van der Waals surface area contributed by atoms with Crippen LogP contribution in [0, 0.1) is 0 Å². The fourth-order valence-electron chi connectivity index (χ4n) is 1.74. The SMILES string of the molecule is CCOc1cnn(CC2CCO2)c1C(=O)NC. The summed E-state index contributed by atoms with van der Waals surface area (Å²) < 4.78 is 12.4. The largest absolute Gasteiger partial charge is 0.490 e. The van der Waals surface area contributed by atoms with E-state index in [1.165, 1.54) is 0 Å². The summed E-state index contributed by atoms with van der Waals surface area (Å²) in [6, 6.07) is 0. The number of amides is 1. The summed E-state index contributed by atoms with van der Waals surface area (Å²) in [5, 5.41) is 6.77. The molecule has 94 valence electrons. The smallest absolute Gasteiger partial charge is 0.273 e. The van der Waals surface area contributed by atoms with Gasteiger partial charge < -0.3 is 14.8 Å². The number of nitrogens with one attached hydrogen (secondary N) is 1. The summed E-state index contributed by atoms with van der Waals surface area (Å²) in [5.74, 6) is 0.330. The molecule has 1 aliphatic rings. The van der Waals surface area contributed by atoms with Gasteiger partial charge in [-0.05, 0) is 13.3 Å². The van der Waals surface area contributed by atoms with Crippen LogP contribution in [0.2, 0.25) is 0 Å². The number of nitrogens with zero attached hydrogens (tertiary/aromatic N) is 2. The molecule has 0 spiro atoms. The molecule has 6 nitrogen and oxygen atoms in total. The maximum atomic E-state index is 11.8. The van der Waals surface area contributed by atoms with Gasteiger partial charge in [0.1, 0.15) is 0 Å². The molecule has 17 heavy (non-hydrogen) atoms. The van der Waals surface area contributed by atoms with E-state index in [0.717, 1.165) is 13.0 Å². The highest BCUT2D eigenvalue weighted by Gasteiger charge is 2.24. The van der Waals surface area contributed by atoms with Crippen molar-refractivity contribution in [2.24, 2.45) is 0 Å². The van der Waals surface area contributed by atoms with E-state index in [2.05, 4.69) is 10.4 Å². The number of ether oxygens (including phenoxy) is 2. The van der Waals surface area contributed by atoms with Gasteiger partial charge in [-0.2, -0.15) is 5.10 Å². The zero-order valence-corrected chi connectivity index (χ0v) is 10.1. The molecule has 0 aliphatic carbocycles. The van der Waals surface area contributed by atoms with E-state index in [4.69, 9.17) is 9.47 Å². The van der Waals surface area contributed by atoms with Gasteiger partial charge in [-0.15, -0.1) is 0 Å². The lowest BCUT2D eigenvalue weighted by Gasteiger charge is -2.26. The minimum absolute atomic E-state index is 0.160. The van der Waals surface area contributed by atoms with Crippen LogP contribution in [0.4, 0.5) is 0 Å². The molecule has 1 aliphatic heterocycles. The molecule has 2 rings (SSSR count). The van der Waals surface area contributed by atoms with Crippen molar-refractivity contribution in [3.63, 3.8) is 0 Å². The maximum Gasteiger partial charge on any atom is 0.273 e. The van der Waals surface area contributed by atoms with Crippen molar-refractivity contribution >= 4 is 5.91 Å². The van der Waals surface area contributed by atoms with E-state index >= 15 is 0 Å². The van der Waals surface area contributed by atoms with Crippen LogP contribution in [0.1, 0.15) is 23.8 Å². The number of rotatable bonds is 5. The van der Waals surface area contributed by atoms with Gasteiger partial charge in [-0.25, -0.2) is 0 Å². The molecule has 0 saturated carbocycles. The Balaban J connectivity index is 2.20. The average Bonchev–Trinajstić information content (AvgIpc) is 2.66. The summed E-state index contributed by atoms with van der Waals surface area (Å²) in [6.45, 7) is 3.77. The van der Waals surface area contributed by atoms with Gasteiger partial charge in [0, 0.05) is 13.7 Å². The third kappa shape index (κ3) is 2.41. The predicted molar refractivity (Wildman–Crippen MR) is 61.1 cm³/mol. The zero-order valence-electron chi connectivity index (χ0n) is 10.1. The molecule has 1 saturated heterocycles. The highest BCUT2D eigenvalue weighted by Crippen LogP contribution is 2.21. The number of carbonyl (C=O) groups excluding carboxylic acids is 1. The third-order valence-electron chi connectivity index (χ3n) is 2.72. The second-order valence-corrected chi connectivity index (χ2v) is 3.83. The Morgan fingerprint density at radius 1 is 1.76 bits per heavy atom. The van der Waals surface area contributed by atoms with Crippen molar-refractivity contribution in [2.75, 3.05) is 20.3 Å². The summed E-state index contributed by atoms with van der Waals surface area (Å²) in [5.41, 5.74) is 0.463. The number of hydrogen-bond donors (Lipinski definition) is 1. The van der Waals surface area contributed by atoms with Crippen molar-refractivity contribution in [2.45, 2.75) is 26.0 Å². The topological polar surface area (TPSA) is 65.4 Å². The van der Waals surface area contributed by atoms with Crippen molar-refractivity contribution in [1.29, 1.82) is 0 Å². The lowest BCUT2D eigenvalue weighted by molar-refractivity contribution is -0.0611. The summed E-state index contributed by atoms with van der Waals surface area (Å²) in [7, 11) is 1.59. The third-order valence-corrected chi connectivity index (χ3v) is 2.72. The van der Waals surface area contributed by atoms with E-state index in [1.54, 1.807) is 17.9 Å². The quantitative estimate of drug-likeness (QED) is 0.809. The average molecular weight is 239 g/mol. The Hall–Kier alpha value is -1.56. The summed E-state index contributed by atoms with van der Waals surface area (Å²) >= 11 is 0. The summed E-state index contributed by atoms with van der Waals surface area (Å²) in [4.78, 5) is 11.8. The fourth-order valence-corrected chi connectivity index (χ4v) is 1.74. The normalized spacial score (nSPS) is 18.6. The Morgan fingerprint density at radius 3 is 3.06 bits per heavy atom. The monoisotopic (exact) mass is 239 g/mol. The van der Waals surface area contributed by atoms with Crippen LogP contribution >= 0.6 is 0 Å². The van der Waals surface area contributed by atoms with Crippen LogP contribution in [0.3, 0.4) is 0 Å². The lowest BCUT2D eigenvalue weighted by Crippen LogP contribution is -2.33. The highest BCUT2D eigenvalue weighted by atomic mass is 16.5. The molecule has 0 bridgehead atoms. The van der Waals surface area contributed by atoms with Crippen molar-refractivity contribution in [3.05, 3.63) is 11.9 Å². The summed E-state index contributed by atoms with van der Waals surface area (Å²) in [6.07, 6.45) is 2.75. The molecule has 0 aromatic carbocycles. The van der Waals surface area contributed by atoms with Crippen molar-refractivity contribution in [3.8, 4) is 5.75 Å². The molecule has 1 aromatic rings. The first kappa shape index (κ1) is 11.9. The Kier molecular flexibility index (Phi) is 3.63. The molecule has 1 N–H and O–H groups in total. The van der Waals surface area contributed by atoms with E-state index in [1.807, 2.05) is 6.92 Å². The molecule has 1 aromatic heterocycles. The second kappa shape index (κ2) is 5.18. The van der Waals surface area contributed by atoms with Gasteiger partial charge in [0.25, 0.3) is 5.91 Å². The van der Waals surface area contributed by atoms with Gasteiger partial charge in [0.2, 0.25) is 0 Å². The van der Waals surface area contributed by atoms with Crippen LogP contribution in [-0.2, 0) is 11.3 Å². The van der Waals surface area contributed by atoms with Gasteiger partial charge >= 0.3 is 0 Å². The molecule has 1 atom stereocenters. The van der Waals surface area contributed by atoms with Gasteiger partial charge in [-0.1, -0.05) is 0 Å². The fraction of sp³-hybridized carbons (Fsp3) is 0.636. The first-order valence-corrected chi connectivity index (χ1v) is 5.78. The van der Waals surface area contributed by atoms with E-state index in [9.17, 15) is 4.79 Å². The molecule has 1 fully saturated rings. The Labute approximate surface area is 99.9 Å². The van der Waals surface area contributed by atoms with Crippen LogP contribution in [0.5, 0.6) is 5.75 Å². The molecular weight excluding hydrogens is 222 g/mol. The van der Waals surface area contributed by atoms with Crippen LogP contribution in [0.25, 0.3) is 0 Å². The van der Waals surface area contributed by atoms with E-state index in [0.29, 0.717) is 24.6 Å². The van der Waals surface area contributed by atoms with Crippen LogP contribution in [0.15, 0.2) is 6.20 Å². The lowest BCUT2D eigenvalue weighted by atomic mass is 10.2. The van der Waals surface area contributed by atoms with Crippen molar-refractivity contribution in [1.82, 2.24) is 15.1 Å². The Bertz CT molecular complexity index is 399. The highest BCUT2D eigenvalue weighted by molar-refractivity contribution is 5.94. The predicted octanol–water partition coefficient (Wildman–Crippen LogP) is 0.430. The standard InChI is InChI=1S/C11H17N3O3/c1-3-16-9-6-13-14(7-8-4-5-17-8)10(9)11(15)12-2/h6,8H,3-5,7H2,1-2H3,(H,12,15). The van der Waals surface area contributed by atoms with Crippen molar-refractivity contribution < 1.29 is 14.3 Å². The molecule has 2 heterocycles. The maximum absolute atomic E-state index is 11.8. The molecule has 6 heteroatoms. The minimum atomic E-state index is -0.190. The Morgan fingerprint density at radius 2 is 2.53 bits per heavy atom. The number of aromatic nitrogens is 2. The van der Waals surface area contributed by atoms with Crippen LogP contribution < -0.4 is 10.1 Å². The van der Waals surface area contributed by atoms with E-state index in [-0.39, 0.29) is 12.0 Å². The number of hydrogen-bond acceptors (Lipinski definition) is 4. The van der Waals surface area contributed by atoms with Gasteiger partial charge in [-0.3, -0.25) is 9.48 Å². The molecule has 1 amide bonds. The van der Waals surface area contributed by atoms with E-state index < -0.39 is 0 Å². The van der Waals surface area contributed by atoms with Gasteiger partial charge in [0.15, 0.2) is 11.4 Å². The zero-order chi connectivity index (χ0) is 12.3. The second-order valence-electron chi connectivity index (χ2n) is 3.83. The molecule has 0 radical (unpaired) electrons.